The summed E-state index contributed by atoms with van der Waals surface area (Å²) in [6, 6.07) is 1.22. The molecule has 0 fully saturated rings. The van der Waals surface area contributed by atoms with Crippen LogP contribution in [0.25, 0.3) is 11.5 Å². The van der Waals surface area contributed by atoms with Gasteiger partial charge in [0.15, 0.2) is 0 Å². The highest BCUT2D eigenvalue weighted by Gasteiger charge is 2.15. The largest absolute Gasteiger partial charge is 0.469 e. The number of urea groups is 1. The predicted octanol–water partition coefficient (Wildman–Crippen LogP) is 1.97. The van der Waals surface area contributed by atoms with E-state index < -0.39 is 11.9 Å². The van der Waals surface area contributed by atoms with E-state index in [1.54, 1.807) is 13.0 Å². The Hall–Kier alpha value is -2.29. The molecule has 8 nitrogen and oxygen atoms in total. The monoisotopic (exact) mass is 324 g/mol. The van der Waals surface area contributed by atoms with Gasteiger partial charge in [-0.15, -0.1) is 10.2 Å². The van der Waals surface area contributed by atoms with E-state index in [9.17, 15) is 9.59 Å². The molecule has 0 bridgehead atoms. The minimum Gasteiger partial charge on any atom is -0.469 e. The summed E-state index contributed by atoms with van der Waals surface area (Å²) in [6.45, 7) is 4.23. The number of thioether (sulfide) groups is 1. The smallest absolute Gasteiger partial charge is 0.321 e. The number of hydrogen-bond donors (Lipinski definition) is 2. The van der Waals surface area contributed by atoms with E-state index in [4.69, 9.17) is 8.83 Å². The summed E-state index contributed by atoms with van der Waals surface area (Å²) < 4.78 is 10.6. The van der Waals surface area contributed by atoms with Crippen molar-refractivity contribution < 1.29 is 18.4 Å². The van der Waals surface area contributed by atoms with Gasteiger partial charge in [0.1, 0.15) is 5.76 Å². The van der Waals surface area contributed by atoms with E-state index in [2.05, 4.69) is 20.8 Å². The minimum absolute atomic E-state index is 0.00550. The Balaban J connectivity index is 1.82. The lowest BCUT2D eigenvalue weighted by molar-refractivity contribution is -0.117. The molecule has 0 aliphatic carbocycles. The fourth-order valence-corrected chi connectivity index (χ4v) is 2.12. The molecule has 22 heavy (non-hydrogen) atoms. The zero-order valence-corrected chi connectivity index (χ0v) is 13.0. The number of nitrogens with one attached hydrogen (secondary N) is 2. The zero-order valence-electron chi connectivity index (χ0n) is 12.2. The maximum absolute atomic E-state index is 11.6. The first-order valence-corrected chi connectivity index (χ1v) is 7.67. The second kappa shape index (κ2) is 7.64. The van der Waals surface area contributed by atoms with Gasteiger partial charge in [-0.05, 0) is 19.4 Å². The van der Waals surface area contributed by atoms with Crippen LogP contribution in [0.15, 0.2) is 26.4 Å². The first kappa shape index (κ1) is 16.1. The van der Waals surface area contributed by atoms with Gasteiger partial charge in [0.2, 0.25) is 5.91 Å². The number of hydrogen-bond acceptors (Lipinski definition) is 7. The van der Waals surface area contributed by atoms with Crippen LogP contribution in [0.5, 0.6) is 0 Å². The molecule has 3 amide bonds. The summed E-state index contributed by atoms with van der Waals surface area (Å²) >= 11 is 1.06. The summed E-state index contributed by atoms with van der Waals surface area (Å²) in [5.41, 5.74) is 0.711. The maximum atomic E-state index is 11.6. The molecule has 2 rings (SSSR count). The molecule has 2 heterocycles. The van der Waals surface area contributed by atoms with Gasteiger partial charge in [-0.3, -0.25) is 10.1 Å². The van der Waals surface area contributed by atoms with Crippen molar-refractivity contribution in [1.82, 2.24) is 20.8 Å². The van der Waals surface area contributed by atoms with Crippen molar-refractivity contribution in [1.29, 1.82) is 0 Å². The van der Waals surface area contributed by atoms with Crippen molar-refractivity contribution in [3.63, 3.8) is 0 Å². The van der Waals surface area contributed by atoms with Gasteiger partial charge in [-0.1, -0.05) is 18.7 Å². The second-order valence-electron chi connectivity index (χ2n) is 4.36. The Morgan fingerprint density at radius 1 is 1.36 bits per heavy atom. The summed E-state index contributed by atoms with van der Waals surface area (Å²) in [6.07, 6.45) is 2.33. The average molecular weight is 324 g/mol. The van der Waals surface area contributed by atoms with Crippen LogP contribution in [0.3, 0.4) is 0 Å². The molecule has 0 atom stereocenters. The third-order valence-corrected chi connectivity index (χ3v) is 3.43. The van der Waals surface area contributed by atoms with Gasteiger partial charge in [0.25, 0.3) is 11.1 Å². The van der Waals surface area contributed by atoms with Crippen molar-refractivity contribution >= 4 is 23.7 Å². The van der Waals surface area contributed by atoms with Gasteiger partial charge < -0.3 is 14.2 Å². The molecule has 0 spiro atoms. The summed E-state index contributed by atoms with van der Waals surface area (Å²) in [7, 11) is 0. The number of aromatic nitrogens is 2. The van der Waals surface area contributed by atoms with Gasteiger partial charge in [0, 0.05) is 6.54 Å². The van der Waals surface area contributed by atoms with E-state index in [1.165, 1.54) is 6.26 Å². The van der Waals surface area contributed by atoms with Crippen molar-refractivity contribution in [2.75, 3.05) is 12.3 Å². The Morgan fingerprint density at radius 2 is 2.18 bits per heavy atom. The molecule has 0 aromatic carbocycles. The van der Waals surface area contributed by atoms with E-state index in [1.807, 2.05) is 6.92 Å². The number of amides is 3. The molecular weight excluding hydrogens is 308 g/mol. The molecule has 2 aromatic heterocycles. The van der Waals surface area contributed by atoms with Crippen LogP contribution >= 0.6 is 11.8 Å². The van der Waals surface area contributed by atoms with Gasteiger partial charge in [0.05, 0.1) is 17.6 Å². The highest BCUT2D eigenvalue weighted by molar-refractivity contribution is 7.99. The SMILES string of the molecule is CCCNC(=O)NC(=O)CSc1nnc(-c2ccoc2C)o1. The maximum Gasteiger partial charge on any atom is 0.321 e. The van der Waals surface area contributed by atoms with Gasteiger partial charge >= 0.3 is 6.03 Å². The third-order valence-electron chi connectivity index (χ3n) is 2.61. The standard InChI is InChI=1S/C13H16N4O4S/c1-3-5-14-12(19)15-10(18)7-22-13-17-16-11(21-13)9-4-6-20-8(9)2/h4,6H,3,5,7H2,1-2H3,(H2,14,15,18,19). The van der Waals surface area contributed by atoms with Gasteiger partial charge in [-0.2, -0.15) is 0 Å². The molecule has 0 saturated carbocycles. The Morgan fingerprint density at radius 3 is 2.86 bits per heavy atom. The summed E-state index contributed by atoms with van der Waals surface area (Å²) in [5, 5.41) is 12.7. The number of imide groups is 1. The van der Waals surface area contributed by atoms with E-state index in [0.29, 0.717) is 23.8 Å². The first-order valence-electron chi connectivity index (χ1n) is 6.68. The molecule has 0 radical (unpaired) electrons. The number of nitrogens with zero attached hydrogens (tertiary/aromatic N) is 2. The van der Waals surface area contributed by atoms with Crippen molar-refractivity contribution in [2.45, 2.75) is 25.5 Å². The second-order valence-corrected chi connectivity index (χ2v) is 5.28. The Bertz CT molecular complexity index is 652. The minimum atomic E-state index is -0.507. The molecule has 0 aliphatic heterocycles. The van der Waals surface area contributed by atoms with Crippen LogP contribution in [0.1, 0.15) is 19.1 Å². The average Bonchev–Trinajstić information content (AvgIpc) is 3.11. The summed E-state index contributed by atoms with van der Waals surface area (Å²) in [4.78, 5) is 22.9. The van der Waals surface area contributed by atoms with Crippen molar-refractivity contribution in [3.05, 3.63) is 18.1 Å². The number of carbonyl (C=O) groups excluding carboxylic acids is 2. The lowest BCUT2D eigenvalue weighted by atomic mass is 10.3. The topological polar surface area (TPSA) is 110 Å². The molecular formula is C13H16N4O4S. The third kappa shape index (κ3) is 4.35. The van der Waals surface area contributed by atoms with Crippen molar-refractivity contribution in [3.8, 4) is 11.5 Å². The van der Waals surface area contributed by atoms with E-state index >= 15 is 0 Å². The quantitative estimate of drug-likeness (QED) is 0.781. The first-order chi connectivity index (χ1) is 10.6. The number of aryl methyl sites for hydroxylation is 1. The van der Waals surface area contributed by atoms with Crippen LogP contribution in [0.2, 0.25) is 0 Å². The fraction of sp³-hybridized carbons (Fsp3) is 0.385. The van der Waals surface area contributed by atoms with Crippen LogP contribution in [-0.4, -0.2) is 34.4 Å². The molecule has 0 saturated heterocycles. The van der Waals surface area contributed by atoms with Crippen LogP contribution < -0.4 is 10.6 Å². The zero-order chi connectivity index (χ0) is 15.9. The highest BCUT2D eigenvalue weighted by atomic mass is 32.2. The lowest BCUT2D eigenvalue weighted by Crippen LogP contribution is -2.40. The summed E-state index contributed by atoms with van der Waals surface area (Å²) in [5.74, 6) is 0.573. The molecule has 9 heteroatoms. The normalized spacial score (nSPS) is 10.5. The Labute approximate surface area is 131 Å². The number of furan rings is 1. The van der Waals surface area contributed by atoms with E-state index in [-0.39, 0.29) is 11.0 Å². The number of rotatable bonds is 6. The van der Waals surface area contributed by atoms with Gasteiger partial charge in [-0.25, -0.2) is 4.79 Å². The molecule has 2 aromatic rings. The van der Waals surface area contributed by atoms with Crippen LogP contribution in [0.4, 0.5) is 4.79 Å². The molecule has 118 valence electrons. The van der Waals surface area contributed by atoms with E-state index in [0.717, 1.165) is 18.2 Å². The highest BCUT2D eigenvalue weighted by Crippen LogP contribution is 2.25. The lowest BCUT2D eigenvalue weighted by Gasteiger charge is -2.03. The fourth-order valence-electron chi connectivity index (χ4n) is 1.56. The predicted molar refractivity (Wildman–Crippen MR) is 79.3 cm³/mol. The molecule has 0 aliphatic rings. The van der Waals surface area contributed by atoms with Crippen LogP contribution in [0, 0.1) is 6.92 Å². The Kier molecular flexibility index (Phi) is 5.59. The van der Waals surface area contributed by atoms with Crippen LogP contribution in [-0.2, 0) is 4.79 Å². The number of carbonyl (C=O) groups is 2. The molecule has 0 unspecified atom stereocenters. The molecule has 2 N–H and O–H groups in total. The van der Waals surface area contributed by atoms with Crippen molar-refractivity contribution in [2.24, 2.45) is 0 Å².